The van der Waals surface area contributed by atoms with Crippen molar-refractivity contribution in [2.24, 2.45) is 16.2 Å². The van der Waals surface area contributed by atoms with Crippen molar-refractivity contribution in [2.75, 3.05) is 79.3 Å². The van der Waals surface area contributed by atoms with Crippen LogP contribution in [0.3, 0.4) is 0 Å². The predicted octanol–water partition coefficient (Wildman–Crippen LogP) is 2.66. The summed E-state index contributed by atoms with van der Waals surface area (Å²) in [7, 11) is -14.9. The Kier molecular flexibility index (Phi) is 6.41. The molecule has 9 rings (SSSR count). The molecule has 200 valence electrons. The van der Waals surface area contributed by atoms with Crippen LogP contribution in [0.4, 0.5) is 0 Å². The van der Waals surface area contributed by atoms with Gasteiger partial charge in [0.25, 0.3) is 0 Å². The first-order valence-electron chi connectivity index (χ1n) is 10.6. The highest BCUT2D eigenvalue weighted by Crippen LogP contribution is 2.64. The molecular formula is C15H24O16P4. The number of hydrogen-bond donors (Lipinski definition) is 0. The van der Waals surface area contributed by atoms with Crippen molar-refractivity contribution < 1.29 is 72.5 Å². The largest absolute Gasteiger partial charge is 0.474 e. The molecule has 0 N–H and O–H groups in total. The third-order valence-electron chi connectivity index (χ3n) is 6.35. The second-order valence-corrected chi connectivity index (χ2v) is 16.2. The van der Waals surface area contributed by atoms with Gasteiger partial charge in [0.15, 0.2) is 0 Å². The van der Waals surface area contributed by atoms with Gasteiger partial charge in [0.2, 0.25) is 0 Å². The molecule has 9 aliphatic rings. The molecule has 35 heavy (non-hydrogen) atoms. The summed E-state index contributed by atoms with van der Waals surface area (Å²) in [5.41, 5.74) is -2.62. The Bertz CT molecular complexity index is 839. The van der Waals surface area contributed by atoms with Gasteiger partial charge in [0.05, 0.1) is 95.5 Å². The highest BCUT2D eigenvalue weighted by Gasteiger charge is 2.55. The van der Waals surface area contributed by atoms with E-state index in [1.807, 2.05) is 0 Å². The lowest BCUT2D eigenvalue weighted by Gasteiger charge is -2.45. The summed E-state index contributed by atoms with van der Waals surface area (Å²) < 4.78 is 113. The molecule has 6 bridgehead atoms. The summed E-state index contributed by atoms with van der Waals surface area (Å²) in [6.45, 7) is -0.592. The quantitative estimate of drug-likeness (QED) is 0.361. The number of phosphoric ester groups is 4. The summed E-state index contributed by atoms with van der Waals surface area (Å²) in [6.07, 6.45) is 0. The van der Waals surface area contributed by atoms with Crippen molar-refractivity contribution >= 4 is 31.3 Å². The zero-order valence-corrected chi connectivity index (χ0v) is 21.9. The maximum absolute atomic E-state index is 13.7. The van der Waals surface area contributed by atoms with Gasteiger partial charge in [0.1, 0.15) is 0 Å². The fraction of sp³-hybridized carbons (Fsp3) is 1.00. The van der Waals surface area contributed by atoms with Crippen molar-refractivity contribution in [2.45, 2.75) is 0 Å². The van der Waals surface area contributed by atoms with Crippen LogP contribution in [0.15, 0.2) is 0 Å². The summed E-state index contributed by atoms with van der Waals surface area (Å²) in [4.78, 5) is 0. The first-order valence-corrected chi connectivity index (χ1v) is 16.5. The van der Waals surface area contributed by atoms with E-state index in [1.54, 1.807) is 0 Å². The molecule has 0 unspecified atom stereocenters. The van der Waals surface area contributed by atoms with Gasteiger partial charge >= 0.3 is 31.3 Å². The fourth-order valence-electron chi connectivity index (χ4n) is 3.79. The van der Waals surface area contributed by atoms with E-state index < -0.39 is 47.5 Å². The van der Waals surface area contributed by atoms with Crippen LogP contribution in [-0.4, -0.2) is 79.3 Å². The van der Waals surface area contributed by atoms with Gasteiger partial charge in [-0.3, -0.25) is 54.3 Å². The molecule has 9 saturated heterocycles. The summed E-state index contributed by atoms with van der Waals surface area (Å²) in [5, 5.41) is 0. The van der Waals surface area contributed by atoms with Crippen molar-refractivity contribution in [1.82, 2.24) is 0 Å². The molecule has 0 amide bonds. The first-order chi connectivity index (χ1) is 16.5. The van der Waals surface area contributed by atoms with Crippen LogP contribution in [0.2, 0.25) is 0 Å². The minimum absolute atomic E-state index is 0.00770. The Balaban J connectivity index is 1.14. The third kappa shape index (κ3) is 5.08. The summed E-state index contributed by atoms with van der Waals surface area (Å²) in [5.74, 6) is 0. The number of phosphoric acid groups is 4. The number of hydrogen-bond acceptors (Lipinski definition) is 16. The van der Waals surface area contributed by atoms with Crippen molar-refractivity contribution in [1.29, 1.82) is 0 Å². The van der Waals surface area contributed by atoms with Crippen LogP contribution < -0.4 is 0 Å². The fourth-order valence-corrected chi connectivity index (χ4v) is 9.87. The van der Waals surface area contributed by atoms with Crippen LogP contribution in [0.25, 0.3) is 0 Å². The second kappa shape index (κ2) is 8.72. The monoisotopic (exact) mass is 584 g/mol. The van der Waals surface area contributed by atoms with Crippen molar-refractivity contribution in [3.63, 3.8) is 0 Å². The normalized spacial score (nSPS) is 50.3. The van der Waals surface area contributed by atoms with Crippen molar-refractivity contribution in [3.8, 4) is 0 Å². The lowest BCUT2D eigenvalue weighted by molar-refractivity contribution is -0.131. The lowest BCUT2D eigenvalue weighted by Crippen LogP contribution is -2.49. The van der Waals surface area contributed by atoms with Crippen LogP contribution in [0.5, 0.6) is 0 Å². The predicted molar refractivity (Wildman–Crippen MR) is 109 cm³/mol. The molecule has 9 heterocycles. The smallest absolute Gasteiger partial charge is 0.286 e. The SMILES string of the molecule is O=P(OCC12COP(=O)(OC1)OC2)(OCC12COP(=O)(OC1)OC2)OCC12COP(=O)(OC1)OC2. The van der Waals surface area contributed by atoms with Crippen LogP contribution >= 0.6 is 31.3 Å². The molecule has 20 heteroatoms. The molecule has 9 fully saturated rings. The Labute approximate surface area is 199 Å². The Morgan fingerprint density at radius 2 is 0.686 bits per heavy atom. The molecule has 0 saturated carbocycles. The van der Waals surface area contributed by atoms with Gasteiger partial charge in [-0.1, -0.05) is 0 Å². The molecule has 0 radical (unpaired) electrons. The van der Waals surface area contributed by atoms with E-state index in [1.165, 1.54) is 0 Å². The van der Waals surface area contributed by atoms with E-state index >= 15 is 0 Å². The molecule has 16 nitrogen and oxygen atoms in total. The van der Waals surface area contributed by atoms with E-state index in [4.69, 9.17) is 54.3 Å². The van der Waals surface area contributed by atoms with Gasteiger partial charge in [-0.2, -0.15) is 0 Å². The summed E-state index contributed by atoms with van der Waals surface area (Å²) in [6, 6.07) is 0. The second-order valence-electron chi connectivity index (χ2n) is 9.57. The zero-order chi connectivity index (χ0) is 24.5. The number of rotatable bonds is 9. The van der Waals surface area contributed by atoms with E-state index in [2.05, 4.69) is 0 Å². The number of fused-ring (bicyclic) bond motifs is 9. The third-order valence-corrected chi connectivity index (χ3v) is 11.7. The van der Waals surface area contributed by atoms with E-state index in [0.29, 0.717) is 0 Å². The molecule has 0 spiro atoms. The zero-order valence-electron chi connectivity index (χ0n) is 18.3. The molecular weight excluding hydrogens is 560 g/mol. The molecule has 9 aliphatic heterocycles. The lowest BCUT2D eigenvalue weighted by atomic mass is 9.93. The molecule has 0 aliphatic carbocycles. The van der Waals surface area contributed by atoms with Gasteiger partial charge in [-0.15, -0.1) is 0 Å². The van der Waals surface area contributed by atoms with Crippen LogP contribution in [0.1, 0.15) is 0 Å². The molecule has 0 aromatic rings. The average Bonchev–Trinajstić information content (AvgIpc) is 2.88. The summed E-state index contributed by atoms with van der Waals surface area (Å²) >= 11 is 0. The van der Waals surface area contributed by atoms with E-state index in [-0.39, 0.29) is 79.3 Å². The Hall–Kier alpha value is 0.440. The topological polar surface area (TPSA) is 179 Å². The van der Waals surface area contributed by atoms with E-state index in [9.17, 15) is 18.3 Å². The van der Waals surface area contributed by atoms with Gasteiger partial charge in [-0.05, 0) is 0 Å². The molecule has 0 atom stereocenters. The molecule has 0 aromatic carbocycles. The van der Waals surface area contributed by atoms with Crippen LogP contribution in [0, 0.1) is 16.2 Å². The highest BCUT2D eigenvalue weighted by molar-refractivity contribution is 7.49. The standard InChI is InChI=1S/C15H24O16P4/c16-32-20-1-13(2-21-32,3-22-32)10-29-35(19,30-11-14-4-23-33(17,24-5-14)25-6-14)31-12-15-7-26-34(18,27-8-15)28-9-15/h1-12H2. The minimum atomic E-state index is -4.29. The Morgan fingerprint density at radius 1 is 0.486 bits per heavy atom. The highest BCUT2D eigenvalue weighted by atomic mass is 31.2. The minimum Gasteiger partial charge on any atom is -0.286 e. The van der Waals surface area contributed by atoms with Crippen LogP contribution in [-0.2, 0) is 72.5 Å². The van der Waals surface area contributed by atoms with Gasteiger partial charge < -0.3 is 0 Å². The van der Waals surface area contributed by atoms with Crippen molar-refractivity contribution in [3.05, 3.63) is 0 Å². The first kappa shape index (κ1) is 25.7. The van der Waals surface area contributed by atoms with Gasteiger partial charge in [0, 0.05) is 0 Å². The average molecular weight is 584 g/mol. The maximum Gasteiger partial charge on any atom is 0.474 e. The Morgan fingerprint density at radius 3 is 0.886 bits per heavy atom. The van der Waals surface area contributed by atoms with Gasteiger partial charge in [-0.25, -0.2) is 18.3 Å². The maximum atomic E-state index is 13.7. The molecule has 0 aromatic heterocycles. The van der Waals surface area contributed by atoms with E-state index in [0.717, 1.165) is 0 Å².